The van der Waals surface area contributed by atoms with Gasteiger partial charge in [-0.15, -0.1) is 0 Å². The molecule has 3 unspecified atom stereocenters. The summed E-state index contributed by atoms with van der Waals surface area (Å²) < 4.78 is 5.97. The summed E-state index contributed by atoms with van der Waals surface area (Å²) in [4.78, 5) is 0. The highest BCUT2D eigenvalue weighted by atomic mass is 35.5. The van der Waals surface area contributed by atoms with Gasteiger partial charge in [-0.3, -0.25) is 0 Å². The fraction of sp³-hybridized carbons (Fsp3) is 0.571. The molecule has 0 bridgehead atoms. The predicted octanol–water partition coefficient (Wildman–Crippen LogP) is 4.54. The third-order valence-electron chi connectivity index (χ3n) is 3.65. The third-order valence-corrected chi connectivity index (χ3v) is 3.88. The Morgan fingerprint density at radius 1 is 1.19 bits per heavy atom. The van der Waals surface area contributed by atoms with Crippen LogP contribution in [0.5, 0.6) is 5.75 Å². The van der Waals surface area contributed by atoms with Gasteiger partial charge < -0.3 is 4.74 Å². The standard InChI is InChI=1S/C14H19ClO/c1-10-6-7-14(8-11(10)2)16-13-5-3-4-12(15)9-13/h3-5,9-11,14H,6-8H2,1-2H3. The molecule has 1 aromatic carbocycles. The maximum absolute atomic E-state index is 5.97. The molecule has 1 fully saturated rings. The Bertz CT molecular complexity index is 350. The first-order valence-corrected chi connectivity index (χ1v) is 6.45. The lowest BCUT2D eigenvalue weighted by atomic mass is 9.80. The Labute approximate surface area is 103 Å². The molecule has 1 aromatic rings. The van der Waals surface area contributed by atoms with Crippen molar-refractivity contribution >= 4 is 11.6 Å². The molecule has 2 heteroatoms. The Balaban J connectivity index is 1.95. The Morgan fingerprint density at radius 3 is 2.69 bits per heavy atom. The van der Waals surface area contributed by atoms with E-state index in [1.807, 2.05) is 24.3 Å². The van der Waals surface area contributed by atoms with Crippen LogP contribution in [0.25, 0.3) is 0 Å². The summed E-state index contributed by atoms with van der Waals surface area (Å²) in [5.74, 6) is 2.50. The molecule has 1 aliphatic rings. The first-order chi connectivity index (χ1) is 7.65. The second-order valence-electron chi connectivity index (χ2n) is 4.96. The molecule has 0 N–H and O–H groups in total. The number of hydrogen-bond donors (Lipinski definition) is 0. The molecule has 1 saturated carbocycles. The topological polar surface area (TPSA) is 9.23 Å². The molecular weight excluding hydrogens is 220 g/mol. The molecule has 3 atom stereocenters. The average molecular weight is 239 g/mol. The van der Waals surface area contributed by atoms with E-state index in [-0.39, 0.29) is 0 Å². The zero-order valence-electron chi connectivity index (χ0n) is 9.95. The van der Waals surface area contributed by atoms with Crippen LogP contribution in [0.3, 0.4) is 0 Å². The van der Waals surface area contributed by atoms with Crippen LogP contribution in [0, 0.1) is 11.8 Å². The highest BCUT2D eigenvalue weighted by Crippen LogP contribution is 2.32. The smallest absolute Gasteiger partial charge is 0.121 e. The quantitative estimate of drug-likeness (QED) is 0.735. The number of benzene rings is 1. The molecule has 0 spiro atoms. The molecule has 0 amide bonds. The van der Waals surface area contributed by atoms with Crippen molar-refractivity contribution in [2.45, 2.75) is 39.2 Å². The molecule has 0 saturated heterocycles. The maximum Gasteiger partial charge on any atom is 0.121 e. The van der Waals surface area contributed by atoms with Gasteiger partial charge in [-0.2, -0.15) is 0 Å². The van der Waals surface area contributed by atoms with Crippen LogP contribution in [0.2, 0.25) is 5.02 Å². The molecule has 0 aromatic heterocycles. The average Bonchev–Trinajstić information content (AvgIpc) is 2.24. The molecular formula is C14H19ClO. The normalized spacial score (nSPS) is 30.1. The van der Waals surface area contributed by atoms with Crippen LogP contribution >= 0.6 is 11.6 Å². The van der Waals surface area contributed by atoms with E-state index in [4.69, 9.17) is 16.3 Å². The van der Waals surface area contributed by atoms with Crippen LogP contribution < -0.4 is 4.74 Å². The van der Waals surface area contributed by atoms with Crippen molar-refractivity contribution in [2.24, 2.45) is 11.8 Å². The number of ether oxygens (including phenoxy) is 1. The first-order valence-electron chi connectivity index (χ1n) is 6.07. The van der Waals surface area contributed by atoms with E-state index in [0.29, 0.717) is 6.10 Å². The molecule has 0 radical (unpaired) electrons. The largest absolute Gasteiger partial charge is 0.490 e. The zero-order valence-corrected chi connectivity index (χ0v) is 10.7. The summed E-state index contributed by atoms with van der Waals surface area (Å²) in [7, 11) is 0. The number of halogens is 1. The van der Waals surface area contributed by atoms with Gasteiger partial charge in [0.2, 0.25) is 0 Å². The minimum Gasteiger partial charge on any atom is -0.490 e. The third kappa shape index (κ3) is 2.91. The Kier molecular flexibility index (Phi) is 3.75. The van der Waals surface area contributed by atoms with Gasteiger partial charge in [-0.05, 0) is 49.3 Å². The SMILES string of the molecule is CC1CCC(Oc2cccc(Cl)c2)CC1C. The molecule has 0 heterocycles. The van der Waals surface area contributed by atoms with Crippen LogP contribution in [0.1, 0.15) is 33.1 Å². The van der Waals surface area contributed by atoms with E-state index in [1.165, 1.54) is 6.42 Å². The van der Waals surface area contributed by atoms with E-state index in [0.717, 1.165) is 35.4 Å². The van der Waals surface area contributed by atoms with Crippen molar-refractivity contribution in [3.8, 4) is 5.75 Å². The maximum atomic E-state index is 5.97. The van der Waals surface area contributed by atoms with Gasteiger partial charge in [0, 0.05) is 5.02 Å². The molecule has 1 nitrogen and oxygen atoms in total. The Hall–Kier alpha value is -0.690. The number of rotatable bonds is 2. The fourth-order valence-corrected chi connectivity index (χ4v) is 2.52. The van der Waals surface area contributed by atoms with Gasteiger partial charge >= 0.3 is 0 Å². The lowest BCUT2D eigenvalue weighted by Crippen LogP contribution is -2.28. The van der Waals surface area contributed by atoms with Gasteiger partial charge in [-0.25, -0.2) is 0 Å². The van der Waals surface area contributed by atoms with Crippen LogP contribution in [0.15, 0.2) is 24.3 Å². The second-order valence-corrected chi connectivity index (χ2v) is 5.40. The summed E-state index contributed by atoms with van der Waals surface area (Å²) in [5.41, 5.74) is 0. The van der Waals surface area contributed by atoms with E-state index in [2.05, 4.69) is 13.8 Å². The summed E-state index contributed by atoms with van der Waals surface area (Å²) in [6.07, 6.45) is 3.96. The minimum atomic E-state index is 0.365. The van der Waals surface area contributed by atoms with Gasteiger partial charge in [0.1, 0.15) is 5.75 Å². The lowest BCUT2D eigenvalue weighted by molar-refractivity contribution is 0.101. The molecule has 88 valence electrons. The van der Waals surface area contributed by atoms with Crippen molar-refractivity contribution in [3.05, 3.63) is 29.3 Å². The fourth-order valence-electron chi connectivity index (χ4n) is 2.34. The van der Waals surface area contributed by atoms with Crippen molar-refractivity contribution in [1.82, 2.24) is 0 Å². The van der Waals surface area contributed by atoms with Crippen LogP contribution in [0.4, 0.5) is 0 Å². The van der Waals surface area contributed by atoms with Crippen molar-refractivity contribution in [3.63, 3.8) is 0 Å². The highest BCUT2D eigenvalue weighted by Gasteiger charge is 2.25. The van der Waals surface area contributed by atoms with Crippen molar-refractivity contribution in [2.75, 3.05) is 0 Å². The summed E-state index contributed by atoms with van der Waals surface area (Å²) >= 11 is 5.93. The summed E-state index contributed by atoms with van der Waals surface area (Å²) in [6, 6.07) is 7.69. The van der Waals surface area contributed by atoms with E-state index < -0.39 is 0 Å². The van der Waals surface area contributed by atoms with E-state index in [9.17, 15) is 0 Å². The molecule has 0 aliphatic heterocycles. The van der Waals surface area contributed by atoms with Crippen LogP contribution in [-0.2, 0) is 0 Å². The Morgan fingerprint density at radius 2 is 2.00 bits per heavy atom. The molecule has 1 aliphatic carbocycles. The first kappa shape index (κ1) is 11.8. The summed E-state index contributed by atoms with van der Waals surface area (Å²) in [6.45, 7) is 4.65. The van der Waals surface area contributed by atoms with Gasteiger partial charge in [0.15, 0.2) is 0 Å². The zero-order chi connectivity index (χ0) is 11.5. The van der Waals surface area contributed by atoms with Crippen molar-refractivity contribution in [1.29, 1.82) is 0 Å². The van der Waals surface area contributed by atoms with Gasteiger partial charge in [0.05, 0.1) is 6.10 Å². The lowest BCUT2D eigenvalue weighted by Gasteiger charge is -2.32. The monoisotopic (exact) mass is 238 g/mol. The van der Waals surface area contributed by atoms with Crippen molar-refractivity contribution < 1.29 is 4.74 Å². The van der Waals surface area contributed by atoms with Gasteiger partial charge in [0.25, 0.3) is 0 Å². The van der Waals surface area contributed by atoms with Gasteiger partial charge in [-0.1, -0.05) is 31.5 Å². The van der Waals surface area contributed by atoms with E-state index >= 15 is 0 Å². The summed E-state index contributed by atoms with van der Waals surface area (Å²) in [5, 5.41) is 0.745. The molecule has 2 rings (SSSR count). The predicted molar refractivity (Wildman–Crippen MR) is 68.0 cm³/mol. The van der Waals surface area contributed by atoms with Crippen LogP contribution in [-0.4, -0.2) is 6.10 Å². The minimum absolute atomic E-state index is 0.365. The number of hydrogen-bond acceptors (Lipinski definition) is 1. The second kappa shape index (κ2) is 5.09. The van der Waals surface area contributed by atoms with E-state index in [1.54, 1.807) is 0 Å². The molecule has 16 heavy (non-hydrogen) atoms. The highest BCUT2D eigenvalue weighted by molar-refractivity contribution is 6.30.